The molecular formula is C32H38ClN3O6S. The molecule has 1 aliphatic rings. The first-order valence-electron chi connectivity index (χ1n) is 14.5. The Balaban J connectivity index is 1.54. The third-order valence-corrected chi connectivity index (χ3v) is 9.30. The van der Waals surface area contributed by atoms with Crippen LogP contribution in [0.15, 0.2) is 83.8 Å². The number of hydrogen-bond acceptors (Lipinski definition) is 6. The molecule has 3 aromatic carbocycles. The molecule has 1 saturated heterocycles. The van der Waals surface area contributed by atoms with Gasteiger partial charge >= 0.3 is 0 Å². The van der Waals surface area contributed by atoms with E-state index in [1.165, 1.54) is 33.5 Å². The molecule has 3 aromatic rings. The highest BCUT2D eigenvalue weighted by Gasteiger charge is 2.32. The number of nitrogens with zero attached hydrogens (tertiary/aromatic N) is 2. The molecule has 43 heavy (non-hydrogen) atoms. The minimum atomic E-state index is -3.66. The van der Waals surface area contributed by atoms with Gasteiger partial charge in [0.15, 0.2) is 6.61 Å². The first-order valence-corrected chi connectivity index (χ1v) is 16.3. The monoisotopic (exact) mass is 627 g/mol. The van der Waals surface area contributed by atoms with Crippen molar-refractivity contribution in [2.75, 3.05) is 39.5 Å². The van der Waals surface area contributed by atoms with Crippen LogP contribution >= 0.6 is 11.6 Å². The Morgan fingerprint density at radius 3 is 2.30 bits per heavy atom. The summed E-state index contributed by atoms with van der Waals surface area (Å²) in [6.07, 6.45) is 2.86. The van der Waals surface area contributed by atoms with Crippen LogP contribution in [0.1, 0.15) is 43.4 Å². The number of nitrogens with one attached hydrogen (secondary N) is 1. The maximum Gasteiger partial charge on any atom is 0.261 e. The van der Waals surface area contributed by atoms with Crippen molar-refractivity contribution in [1.82, 2.24) is 14.5 Å². The van der Waals surface area contributed by atoms with Crippen molar-refractivity contribution < 1.29 is 27.5 Å². The average molecular weight is 628 g/mol. The van der Waals surface area contributed by atoms with Gasteiger partial charge in [0.25, 0.3) is 5.91 Å². The van der Waals surface area contributed by atoms with Crippen LogP contribution in [-0.4, -0.2) is 68.9 Å². The van der Waals surface area contributed by atoms with Gasteiger partial charge in [-0.2, -0.15) is 4.31 Å². The lowest BCUT2D eigenvalue weighted by Crippen LogP contribution is -2.45. The van der Waals surface area contributed by atoms with Gasteiger partial charge in [-0.3, -0.25) is 9.59 Å². The molecule has 0 radical (unpaired) electrons. The van der Waals surface area contributed by atoms with Gasteiger partial charge in [-0.1, -0.05) is 73.8 Å². The van der Waals surface area contributed by atoms with E-state index >= 15 is 0 Å². The van der Waals surface area contributed by atoms with Crippen molar-refractivity contribution >= 4 is 33.4 Å². The van der Waals surface area contributed by atoms with E-state index in [0.29, 0.717) is 49.2 Å². The van der Waals surface area contributed by atoms with E-state index in [0.717, 1.165) is 24.8 Å². The predicted molar refractivity (Wildman–Crippen MR) is 165 cm³/mol. The summed E-state index contributed by atoms with van der Waals surface area (Å²) in [6, 6.07) is 21.4. The van der Waals surface area contributed by atoms with Crippen LogP contribution in [0, 0.1) is 0 Å². The Kier molecular flexibility index (Phi) is 12.0. The van der Waals surface area contributed by atoms with Gasteiger partial charge in [-0.25, -0.2) is 8.42 Å². The van der Waals surface area contributed by atoms with Gasteiger partial charge in [-0.15, -0.1) is 0 Å². The van der Waals surface area contributed by atoms with Gasteiger partial charge < -0.3 is 19.7 Å². The molecule has 1 aliphatic heterocycles. The molecule has 1 heterocycles. The number of carbonyl (C=O) groups is 2. The molecule has 1 N–H and O–H groups in total. The Morgan fingerprint density at radius 1 is 0.977 bits per heavy atom. The lowest BCUT2D eigenvalue weighted by atomic mass is 10.0. The molecule has 1 fully saturated rings. The summed E-state index contributed by atoms with van der Waals surface area (Å²) in [4.78, 5) is 29.0. The molecule has 4 rings (SSSR count). The van der Waals surface area contributed by atoms with E-state index in [4.69, 9.17) is 21.1 Å². The zero-order chi connectivity index (χ0) is 30.7. The van der Waals surface area contributed by atoms with Crippen LogP contribution < -0.4 is 10.1 Å². The van der Waals surface area contributed by atoms with Crippen LogP contribution in [0.3, 0.4) is 0 Å². The van der Waals surface area contributed by atoms with Crippen LogP contribution in [0.5, 0.6) is 5.75 Å². The van der Waals surface area contributed by atoms with Crippen molar-refractivity contribution in [2.45, 2.75) is 43.7 Å². The third-order valence-electron chi connectivity index (χ3n) is 7.14. The van der Waals surface area contributed by atoms with E-state index in [9.17, 15) is 18.0 Å². The molecule has 0 spiro atoms. The number of carbonyl (C=O) groups excluding carboxylic acids is 2. The molecule has 0 bridgehead atoms. The largest absolute Gasteiger partial charge is 0.484 e. The first-order chi connectivity index (χ1) is 20.8. The average Bonchev–Trinajstić information content (AvgIpc) is 3.03. The molecule has 0 saturated carbocycles. The number of amides is 2. The summed E-state index contributed by atoms with van der Waals surface area (Å²) in [5, 5.41) is 3.57. The van der Waals surface area contributed by atoms with Crippen molar-refractivity contribution in [1.29, 1.82) is 0 Å². The second-order valence-corrected chi connectivity index (χ2v) is 12.6. The van der Waals surface area contributed by atoms with E-state index in [2.05, 4.69) is 12.2 Å². The number of ether oxygens (including phenoxy) is 2. The number of sulfonamides is 1. The fourth-order valence-corrected chi connectivity index (χ4v) is 6.31. The zero-order valence-electron chi connectivity index (χ0n) is 24.3. The Hall–Kier alpha value is -3.44. The third kappa shape index (κ3) is 9.03. The first kappa shape index (κ1) is 32.5. The second-order valence-electron chi connectivity index (χ2n) is 10.2. The number of benzene rings is 3. The van der Waals surface area contributed by atoms with Gasteiger partial charge in [0, 0.05) is 31.2 Å². The van der Waals surface area contributed by atoms with Gasteiger partial charge in [-0.05, 0) is 53.9 Å². The molecule has 2 amide bonds. The van der Waals surface area contributed by atoms with E-state index in [1.54, 1.807) is 12.1 Å². The summed E-state index contributed by atoms with van der Waals surface area (Å²) in [5.41, 5.74) is 1.48. The number of rotatable bonds is 14. The summed E-state index contributed by atoms with van der Waals surface area (Å²) >= 11 is 6.09. The Morgan fingerprint density at radius 2 is 1.65 bits per heavy atom. The standard InChI is InChI=1S/C32H38ClN3O6S/c1-2-3-7-18-34-32(38)31(26-8-5-4-6-9-26)36(23-25-10-12-27(33)13-11-25)30(37)24-42-28-14-16-29(17-15-28)43(39,40)35-19-21-41-22-20-35/h4-6,8-17,31H,2-3,7,18-24H2,1H3,(H,34,38)/t31-/m1/s1. The normalized spacial score (nSPS) is 14.6. The summed E-state index contributed by atoms with van der Waals surface area (Å²) in [7, 11) is -3.66. The summed E-state index contributed by atoms with van der Waals surface area (Å²) in [6.45, 7) is 3.72. The molecule has 0 aliphatic carbocycles. The molecule has 11 heteroatoms. The lowest BCUT2D eigenvalue weighted by molar-refractivity contribution is -0.143. The number of halogens is 1. The maximum atomic E-state index is 13.8. The summed E-state index contributed by atoms with van der Waals surface area (Å²) < 4.78 is 38.4. The molecule has 1 atom stereocenters. The fourth-order valence-electron chi connectivity index (χ4n) is 4.77. The van der Waals surface area contributed by atoms with Crippen LogP contribution in [-0.2, 0) is 30.9 Å². The minimum absolute atomic E-state index is 0.140. The molecule has 230 valence electrons. The Labute approximate surface area is 258 Å². The molecular weight excluding hydrogens is 590 g/mol. The number of hydrogen-bond donors (Lipinski definition) is 1. The predicted octanol–water partition coefficient (Wildman–Crippen LogP) is 4.82. The van der Waals surface area contributed by atoms with Crippen molar-refractivity contribution in [3.8, 4) is 5.75 Å². The van der Waals surface area contributed by atoms with Crippen molar-refractivity contribution in [3.63, 3.8) is 0 Å². The van der Waals surface area contributed by atoms with E-state index < -0.39 is 22.0 Å². The van der Waals surface area contributed by atoms with Crippen LogP contribution in [0.25, 0.3) is 0 Å². The highest BCUT2D eigenvalue weighted by molar-refractivity contribution is 7.89. The molecule has 0 unspecified atom stereocenters. The second kappa shape index (κ2) is 15.9. The maximum absolute atomic E-state index is 13.8. The highest BCUT2D eigenvalue weighted by atomic mass is 35.5. The van der Waals surface area contributed by atoms with Crippen LogP contribution in [0.2, 0.25) is 5.02 Å². The van der Waals surface area contributed by atoms with Gasteiger partial charge in [0.1, 0.15) is 11.8 Å². The number of morpholine rings is 1. The molecule has 9 nitrogen and oxygen atoms in total. The lowest BCUT2D eigenvalue weighted by Gasteiger charge is -2.31. The smallest absolute Gasteiger partial charge is 0.261 e. The number of unbranched alkanes of at least 4 members (excludes halogenated alkanes) is 2. The van der Waals surface area contributed by atoms with E-state index in [-0.39, 0.29) is 24.0 Å². The van der Waals surface area contributed by atoms with Gasteiger partial charge in [0.2, 0.25) is 15.9 Å². The minimum Gasteiger partial charge on any atom is -0.484 e. The Bertz CT molecular complexity index is 1430. The SMILES string of the molecule is CCCCCNC(=O)[C@@H](c1ccccc1)N(Cc1ccc(Cl)cc1)C(=O)COc1ccc(S(=O)(=O)N2CCOCC2)cc1. The molecule has 0 aromatic heterocycles. The summed E-state index contributed by atoms with van der Waals surface area (Å²) in [5.74, 6) is -0.346. The topological polar surface area (TPSA) is 105 Å². The van der Waals surface area contributed by atoms with Crippen molar-refractivity contribution in [3.05, 3.63) is 95.0 Å². The zero-order valence-corrected chi connectivity index (χ0v) is 25.9. The fraction of sp³-hybridized carbons (Fsp3) is 0.375. The van der Waals surface area contributed by atoms with E-state index in [1.807, 2.05) is 42.5 Å². The van der Waals surface area contributed by atoms with Crippen molar-refractivity contribution in [2.24, 2.45) is 0 Å². The highest BCUT2D eigenvalue weighted by Crippen LogP contribution is 2.26. The van der Waals surface area contributed by atoms with Crippen LogP contribution in [0.4, 0.5) is 0 Å². The van der Waals surface area contributed by atoms with Gasteiger partial charge in [0.05, 0.1) is 18.1 Å². The quantitative estimate of drug-likeness (QED) is 0.257.